The van der Waals surface area contributed by atoms with Crippen molar-refractivity contribution in [2.24, 2.45) is 33.1 Å². The Labute approximate surface area is 255 Å². The van der Waals surface area contributed by atoms with Gasteiger partial charge in [0.15, 0.2) is 0 Å². The molecular weight excluding hydrogens is 564 g/mol. The fourth-order valence-corrected chi connectivity index (χ4v) is 7.04. The molecule has 0 aromatic heterocycles. The fraction of sp³-hybridized carbons (Fsp3) is 0.567. The van der Waals surface area contributed by atoms with E-state index in [0.717, 1.165) is 11.1 Å². The molecule has 2 saturated carbocycles. The zero-order chi connectivity index (χ0) is 31.5. The van der Waals surface area contributed by atoms with E-state index in [1.54, 1.807) is 4.90 Å². The smallest absolute Gasteiger partial charge is 0.410 e. The van der Waals surface area contributed by atoms with Crippen LogP contribution in [0.4, 0.5) is 4.79 Å². The van der Waals surface area contributed by atoms with Gasteiger partial charge in [-0.05, 0) is 77.6 Å². The standard InChI is InChI=1S/C30H38N10O4/c1-2-26(40(17-19-9-5-3-6-10-19)30(43)44-18-20-11-7-4-8-12-20)21-13-14-23(34-37-31)22(15-21)27-24(35-38-32)16-25(36-39-33)28(41)29(27)42/h3-12,21-29,41-42H,2,13-18H2,1H3/t21-,22?,23?,24?,25?,26-,27-,28+,29+/m1/s1. The second-order valence-corrected chi connectivity index (χ2v) is 11.5. The molecule has 1 amide bonds. The molecule has 2 aromatic carbocycles. The van der Waals surface area contributed by atoms with Crippen LogP contribution in [-0.2, 0) is 17.9 Å². The van der Waals surface area contributed by atoms with E-state index in [9.17, 15) is 26.1 Å². The highest BCUT2D eigenvalue weighted by molar-refractivity contribution is 5.68. The number of azide groups is 3. The first kappa shape index (κ1) is 32.5. The Morgan fingerprint density at radius 1 is 0.864 bits per heavy atom. The number of carbonyl (C=O) groups is 1. The van der Waals surface area contributed by atoms with E-state index in [-0.39, 0.29) is 25.0 Å². The summed E-state index contributed by atoms with van der Waals surface area (Å²) in [5.74, 6) is -1.30. The molecule has 2 aliphatic carbocycles. The number of hydrogen-bond acceptors (Lipinski definition) is 7. The van der Waals surface area contributed by atoms with Gasteiger partial charge in [0.05, 0.1) is 18.2 Å². The van der Waals surface area contributed by atoms with Crippen molar-refractivity contribution in [1.82, 2.24) is 4.90 Å². The maximum atomic E-state index is 13.7. The first-order valence-corrected chi connectivity index (χ1v) is 14.9. The van der Waals surface area contributed by atoms with E-state index >= 15 is 0 Å². The van der Waals surface area contributed by atoms with E-state index < -0.39 is 48.3 Å². The molecule has 14 nitrogen and oxygen atoms in total. The first-order valence-electron chi connectivity index (χ1n) is 14.9. The van der Waals surface area contributed by atoms with Crippen LogP contribution in [0, 0.1) is 17.8 Å². The van der Waals surface area contributed by atoms with Gasteiger partial charge < -0.3 is 19.8 Å². The molecule has 2 aliphatic rings. The first-order chi connectivity index (χ1) is 21.4. The van der Waals surface area contributed by atoms with Crippen LogP contribution >= 0.6 is 0 Å². The summed E-state index contributed by atoms with van der Waals surface area (Å²) in [6.07, 6.45) is -0.974. The minimum absolute atomic E-state index is 0.0460. The lowest BCUT2D eigenvalue weighted by molar-refractivity contribution is -0.0907. The van der Waals surface area contributed by atoms with Crippen LogP contribution in [0.3, 0.4) is 0 Å². The third-order valence-corrected chi connectivity index (χ3v) is 9.06. The van der Waals surface area contributed by atoms with E-state index in [1.165, 1.54) is 0 Å². The van der Waals surface area contributed by atoms with Crippen molar-refractivity contribution in [2.45, 2.75) is 88.6 Å². The summed E-state index contributed by atoms with van der Waals surface area (Å²) < 4.78 is 5.81. The van der Waals surface area contributed by atoms with Crippen LogP contribution in [0.25, 0.3) is 31.3 Å². The Morgan fingerprint density at radius 2 is 1.45 bits per heavy atom. The molecule has 0 heterocycles. The van der Waals surface area contributed by atoms with E-state index in [1.807, 2.05) is 67.6 Å². The number of rotatable bonds is 11. The quantitative estimate of drug-likeness (QED) is 0.161. The topological polar surface area (TPSA) is 216 Å². The number of amides is 1. The molecule has 44 heavy (non-hydrogen) atoms. The number of aliphatic hydroxyl groups excluding tert-OH is 2. The van der Waals surface area contributed by atoms with E-state index in [2.05, 4.69) is 30.1 Å². The van der Waals surface area contributed by atoms with Gasteiger partial charge in [-0.15, -0.1) is 0 Å². The Morgan fingerprint density at radius 3 is 2.07 bits per heavy atom. The van der Waals surface area contributed by atoms with Crippen molar-refractivity contribution < 1.29 is 19.7 Å². The molecule has 2 fully saturated rings. The molecule has 4 unspecified atom stereocenters. The van der Waals surface area contributed by atoms with E-state index in [4.69, 9.17) is 10.3 Å². The monoisotopic (exact) mass is 602 g/mol. The predicted octanol–water partition coefficient (Wildman–Crippen LogP) is 6.80. The molecule has 0 aliphatic heterocycles. The molecular formula is C30H38N10O4. The van der Waals surface area contributed by atoms with Crippen LogP contribution in [-0.4, -0.2) is 57.6 Å². The lowest BCUT2D eigenvalue weighted by Gasteiger charge is -2.49. The summed E-state index contributed by atoms with van der Waals surface area (Å²) in [5, 5.41) is 33.7. The summed E-state index contributed by atoms with van der Waals surface area (Å²) in [4.78, 5) is 24.3. The van der Waals surface area contributed by atoms with Crippen molar-refractivity contribution >= 4 is 6.09 Å². The summed E-state index contributed by atoms with van der Waals surface area (Å²) in [6.45, 7) is 2.46. The number of aliphatic hydroxyl groups is 2. The highest BCUT2D eigenvalue weighted by Crippen LogP contribution is 2.46. The maximum absolute atomic E-state index is 13.7. The minimum Gasteiger partial charge on any atom is -0.445 e. The average Bonchev–Trinajstić information content (AvgIpc) is 3.04. The predicted molar refractivity (Wildman–Crippen MR) is 162 cm³/mol. The van der Waals surface area contributed by atoms with Crippen LogP contribution in [0.1, 0.15) is 50.2 Å². The van der Waals surface area contributed by atoms with Crippen molar-refractivity contribution in [3.8, 4) is 0 Å². The molecule has 232 valence electrons. The lowest BCUT2D eigenvalue weighted by Crippen LogP contribution is -2.57. The van der Waals surface area contributed by atoms with Gasteiger partial charge in [0, 0.05) is 39.4 Å². The van der Waals surface area contributed by atoms with Gasteiger partial charge in [-0.1, -0.05) is 82.9 Å². The van der Waals surface area contributed by atoms with Gasteiger partial charge in [0.2, 0.25) is 0 Å². The Balaban J connectivity index is 1.64. The van der Waals surface area contributed by atoms with Crippen LogP contribution in [0.5, 0.6) is 0 Å². The summed E-state index contributed by atoms with van der Waals surface area (Å²) >= 11 is 0. The maximum Gasteiger partial charge on any atom is 0.410 e. The van der Waals surface area contributed by atoms with Crippen molar-refractivity contribution in [3.63, 3.8) is 0 Å². The summed E-state index contributed by atoms with van der Waals surface area (Å²) in [5.41, 5.74) is 29.5. The number of hydrogen-bond donors (Lipinski definition) is 2. The van der Waals surface area contributed by atoms with E-state index in [0.29, 0.717) is 32.2 Å². The van der Waals surface area contributed by atoms with Crippen LogP contribution in [0.15, 0.2) is 76.0 Å². The second-order valence-electron chi connectivity index (χ2n) is 11.5. The Kier molecular flexibility index (Phi) is 11.7. The number of benzene rings is 2. The summed E-state index contributed by atoms with van der Waals surface area (Å²) in [6, 6.07) is 16.6. The van der Waals surface area contributed by atoms with Crippen LogP contribution < -0.4 is 0 Å². The van der Waals surface area contributed by atoms with Gasteiger partial charge in [-0.3, -0.25) is 0 Å². The molecule has 4 rings (SSSR count). The zero-order valence-corrected chi connectivity index (χ0v) is 24.6. The molecule has 0 radical (unpaired) electrons. The number of nitrogens with zero attached hydrogens (tertiary/aromatic N) is 10. The SMILES string of the molecule is CC[C@H]([C@@H]1CCC(N=[N+]=[N-])C([C@@H]2C(N=[N+]=[N-])CC(N=[N+]=[N-])[C@H](O)[C@H]2O)C1)N(Cc1ccccc1)C(=O)OCc1ccccc1. The van der Waals surface area contributed by atoms with Crippen LogP contribution in [0.2, 0.25) is 0 Å². The minimum atomic E-state index is -1.38. The third kappa shape index (κ3) is 7.74. The fourth-order valence-electron chi connectivity index (χ4n) is 7.04. The highest BCUT2D eigenvalue weighted by Gasteiger charge is 2.50. The van der Waals surface area contributed by atoms with Gasteiger partial charge in [-0.2, -0.15) is 0 Å². The number of carbonyl (C=O) groups excluding carboxylic acids is 1. The summed E-state index contributed by atoms with van der Waals surface area (Å²) in [7, 11) is 0. The van der Waals surface area contributed by atoms with Crippen molar-refractivity contribution in [2.75, 3.05) is 0 Å². The molecule has 9 atom stereocenters. The molecule has 0 saturated heterocycles. The molecule has 0 bridgehead atoms. The Hall–Kier alpha value is -4.44. The third-order valence-electron chi connectivity index (χ3n) is 9.06. The van der Waals surface area contributed by atoms with Crippen molar-refractivity contribution in [3.05, 3.63) is 103 Å². The average molecular weight is 603 g/mol. The van der Waals surface area contributed by atoms with Gasteiger partial charge in [-0.25, -0.2) is 4.79 Å². The zero-order valence-electron chi connectivity index (χ0n) is 24.6. The highest BCUT2D eigenvalue weighted by atomic mass is 16.6. The largest absolute Gasteiger partial charge is 0.445 e. The van der Waals surface area contributed by atoms with Gasteiger partial charge in [0.1, 0.15) is 6.61 Å². The van der Waals surface area contributed by atoms with Gasteiger partial charge in [0.25, 0.3) is 0 Å². The lowest BCUT2D eigenvalue weighted by atomic mass is 9.63. The number of ether oxygens (including phenoxy) is 1. The second kappa shape index (κ2) is 15.9. The molecule has 2 aromatic rings. The van der Waals surface area contributed by atoms with Gasteiger partial charge >= 0.3 is 6.09 Å². The molecule has 2 N–H and O–H groups in total. The van der Waals surface area contributed by atoms with Crippen molar-refractivity contribution in [1.29, 1.82) is 0 Å². The normalized spacial score (nSPS) is 28.7. The Bertz CT molecular complexity index is 1380. The molecule has 14 heteroatoms. The molecule has 0 spiro atoms.